The summed E-state index contributed by atoms with van der Waals surface area (Å²) in [6.07, 6.45) is 7.59. The highest BCUT2D eigenvalue weighted by Crippen LogP contribution is 2.56. The lowest BCUT2D eigenvalue weighted by atomic mass is 9.56. The van der Waals surface area contributed by atoms with Crippen LogP contribution >= 0.6 is 0 Å². The van der Waals surface area contributed by atoms with Crippen molar-refractivity contribution in [1.82, 2.24) is 0 Å². The zero-order chi connectivity index (χ0) is 7.42. The second kappa shape index (κ2) is 2.06. The lowest BCUT2D eigenvalue weighted by Crippen LogP contribution is -2.44. The predicted molar refractivity (Wildman–Crippen MR) is 46.0 cm³/mol. The van der Waals surface area contributed by atoms with E-state index >= 15 is 0 Å². The molecule has 0 spiro atoms. The quantitative estimate of drug-likeness (QED) is 0.378. The zero-order valence-electron chi connectivity index (χ0n) is 6.84. The van der Waals surface area contributed by atoms with Crippen LogP contribution in [0.15, 0.2) is 0 Å². The first-order valence-corrected chi connectivity index (χ1v) is 5.41. The van der Waals surface area contributed by atoms with Crippen molar-refractivity contribution in [3.8, 4) is 0 Å². The lowest BCUT2D eigenvalue weighted by Gasteiger charge is -2.47. The molecule has 4 rings (SSSR count). The average Bonchev–Trinajstić information content (AvgIpc) is 1.98. The van der Waals surface area contributed by atoms with Gasteiger partial charge in [0.2, 0.25) is 0 Å². The molecule has 4 aliphatic rings. The third-order valence-corrected chi connectivity index (χ3v) is 4.83. The lowest BCUT2D eigenvalue weighted by molar-refractivity contribution is 0.0565. The van der Waals surface area contributed by atoms with E-state index in [0.717, 1.165) is 23.7 Å². The standard InChI is InChI=1S/C10H14Si/c11-10-8-2-6-1-7(4-8)5-9(10)3-6/h6-9H,1-5H2/q+1. The monoisotopic (exact) mass is 162 g/mol. The molecular weight excluding hydrogens is 148 g/mol. The maximum atomic E-state index is 3.85. The molecule has 4 bridgehead atoms. The zero-order valence-corrected chi connectivity index (χ0v) is 7.84. The smallest absolute Gasteiger partial charge is 0.0469 e. The molecule has 4 fully saturated rings. The number of rotatable bonds is 0. The molecule has 11 heavy (non-hydrogen) atoms. The van der Waals surface area contributed by atoms with Gasteiger partial charge in [0.15, 0.2) is 0 Å². The van der Waals surface area contributed by atoms with E-state index in [9.17, 15) is 0 Å². The molecule has 0 aromatic rings. The van der Waals surface area contributed by atoms with Gasteiger partial charge < -0.3 is 0 Å². The highest BCUT2D eigenvalue weighted by molar-refractivity contribution is 6.19. The van der Waals surface area contributed by atoms with E-state index < -0.39 is 0 Å². The molecule has 4 saturated carbocycles. The van der Waals surface area contributed by atoms with Gasteiger partial charge >= 0.3 is 10.2 Å². The first-order chi connectivity index (χ1) is 5.33. The molecular formula is C10H14Si+. The molecule has 3 radical (unpaired) electrons. The van der Waals surface area contributed by atoms with Crippen LogP contribution in [0, 0.1) is 29.2 Å². The molecule has 0 nitrogen and oxygen atoms in total. The molecule has 0 N–H and O–H groups in total. The summed E-state index contributed by atoms with van der Waals surface area (Å²) < 4.78 is 0. The average molecular weight is 162 g/mol. The molecule has 0 heterocycles. The summed E-state index contributed by atoms with van der Waals surface area (Å²) in [4.78, 5) is 0. The maximum Gasteiger partial charge on any atom is 0.392 e. The Morgan fingerprint density at radius 1 is 0.818 bits per heavy atom. The van der Waals surface area contributed by atoms with Crippen LogP contribution in [0.4, 0.5) is 0 Å². The Hall–Kier alpha value is 0.0869. The molecule has 0 saturated heterocycles. The fraction of sp³-hybridized carbons (Fsp3) is 0.900. The summed E-state index contributed by atoms with van der Waals surface area (Å²) in [7, 11) is 3.85. The van der Waals surface area contributed by atoms with E-state index in [0.29, 0.717) is 0 Å². The Labute approximate surface area is 72.2 Å². The van der Waals surface area contributed by atoms with Crippen LogP contribution in [0.2, 0.25) is 0 Å². The molecule has 0 amide bonds. The van der Waals surface area contributed by atoms with Gasteiger partial charge in [-0.3, -0.25) is 0 Å². The van der Waals surface area contributed by atoms with Gasteiger partial charge in [0.1, 0.15) is 0 Å². The molecule has 4 aliphatic carbocycles. The molecule has 57 valence electrons. The SMILES string of the molecule is [Si][C+]1C2CC3CC(C2)CC1C3. The molecule has 0 atom stereocenters. The van der Waals surface area contributed by atoms with Crippen molar-refractivity contribution in [3.63, 3.8) is 0 Å². The Morgan fingerprint density at radius 2 is 1.27 bits per heavy atom. The second-order valence-corrected chi connectivity index (χ2v) is 5.34. The summed E-state index contributed by atoms with van der Waals surface area (Å²) in [5.41, 5.74) is 1.68. The van der Waals surface area contributed by atoms with Gasteiger partial charge in [-0.15, -0.1) is 0 Å². The minimum absolute atomic E-state index is 0.975. The van der Waals surface area contributed by atoms with E-state index in [-0.39, 0.29) is 0 Å². The van der Waals surface area contributed by atoms with E-state index in [1.165, 1.54) is 25.7 Å². The van der Waals surface area contributed by atoms with Crippen molar-refractivity contribution in [2.45, 2.75) is 32.1 Å². The largest absolute Gasteiger partial charge is 0.392 e. The summed E-state index contributed by atoms with van der Waals surface area (Å²) in [6, 6.07) is 0. The third kappa shape index (κ3) is 0.836. The van der Waals surface area contributed by atoms with E-state index in [1.54, 1.807) is 12.0 Å². The number of hydrogen-bond donors (Lipinski definition) is 0. The van der Waals surface area contributed by atoms with Crippen molar-refractivity contribution < 1.29 is 0 Å². The fourth-order valence-corrected chi connectivity index (χ4v) is 4.16. The van der Waals surface area contributed by atoms with Gasteiger partial charge in [-0.2, -0.15) is 0 Å². The number of hydrogen-bond acceptors (Lipinski definition) is 0. The van der Waals surface area contributed by atoms with Crippen LogP contribution in [0.3, 0.4) is 0 Å². The van der Waals surface area contributed by atoms with Crippen LogP contribution in [0.1, 0.15) is 32.1 Å². The molecule has 0 aliphatic heterocycles. The Balaban J connectivity index is 1.91. The Kier molecular flexibility index (Phi) is 1.24. The second-order valence-electron chi connectivity index (χ2n) is 4.76. The van der Waals surface area contributed by atoms with Gasteiger partial charge in [0, 0.05) is 0 Å². The maximum absolute atomic E-state index is 3.85. The van der Waals surface area contributed by atoms with Crippen LogP contribution in [-0.2, 0) is 0 Å². The summed E-state index contributed by atoms with van der Waals surface area (Å²) in [6.45, 7) is 0. The Morgan fingerprint density at radius 3 is 1.73 bits per heavy atom. The normalized spacial score (nSPS) is 53.7. The highest BCUT2D eigenvalue weighted by Gasteiger charge is 2.53. The molecule has 0 aromatic heterocycles. The Bertz CT molecular complexity index is 148. The summed E-state index contributed by atoms with van der Waals surface area (Å²) in [5.74, 6) is 4.17. The van der Waals surface area contributed by atoms with Crippen molar-refractivity contribution in [2.75, 3.05) is 0 Å². The van der Waals surface area contributed by atoms with Crippen molar-refractivity contribution in [3.05, 3.63) is 5.54 Å². The van der Waals surface area contributed by atoms with Crippen molar-refractivity contribution in [1.29, 1.82) is 0 Å². The topological polar surface area (TPSA) is 0 Å². The van der Waals surface area contributed by atoms with Gasteiger partial charge in [0.05, 0.1) is 17.4 Å². The van der Waals surface area contributed by atoms with Gasteiger partial charge in [-0.25, -0.2) is 0 Å². The molecule has 0 unspecified atom stereocenters. The minimum Gasteiger partial charge on any atom is -0.0469 e. The van der Waals surface area contributed by atoms with E-state index in [4.69, 9.17) is 0 Å². The summed E-state index contributed by atoms with van der Waals surface area (Å²) in [5, 5.41) is 0. The molecule has 1 heteroatoms. The van der Waals surface area contributed by atoms with Crippen LogP contribution in [0.5, 0.6) is 0 Å². The first kappa shape index (κ1) is 6.59. The first-order valence-electron chi connectivity index (χ1n) is 4.91. The summed E-state index contributed by atoms with van der Waals surface area (Å²) >= 11 is 0. The predicted octanol–water partition coefficient (Wildman–Crippen LogP) is 2.14. The van der Waals surface area contributed by atoms with Gasteiger partial charge in [-0.1, -0.05) is 0 Å². The third-order valence-electron chi connectivity index (χ3n) is 4.02. The van der Waals surface area contributed by atoms with E-state index in [2.05, 4.69) is 10.2 Å². The van der Waals surface area contributed by atoms with Crippen LogP contribution < -0.4 is 0 Å². The van der Waals surface area contributed by atoms with Crippen LogP contribution in [-0.4, -0.2) is 10.2 Å². The van der Waals surface area contributed by atoms with E-state index in [1.807, 2.05) is 0 Å². The minimum atomic E-state index is 0.975. The highest BCUT2D eigenvalue weighted by atomic mass is 28.1. The van der Waals surface area contributed by atoms with Gasteiger partial charge in [0.25, 0.3) is 0 Å². The van der Waals surface area contributed by atoms with Crippen molar-refractivity contribution in [2.24, 2.45) is 23.7 Å². The molecule has 0 aromatic carbocycles. The van der Waals surface area contributed by atoms with Crippen molar-refractivity contribution >= 4 is 10.2 Å². The van der Waals surface area contributed by atoms with Crippen LogP contribution in [0.25, 0.3) is 0 Å². The fourth-order valence-electron chi connectivity index (χ4n) is 3.69. The van der Waals surface area contributed by atoms with Gasteiger partial charge in [-0.05, 0) is 43.9 Å².